The van der Waals surface area contributed by atoms with E-state index >= 15 is 0 Å². The van der Waals surface area contributed by atoms with Crippen LogP contribution >= 0.6 is 24.0 Å². The number of thioether (sulfide) groups is 1. The summed E-state index contributed by atoms with van der Waals surface area (Å²) in [6.07, 6.45) is 2.16. The Bertz CT molecular complexity index is 1150. The van der Waals surface area contributed by atoms with Gasteiger partial charge in [-0.1, -0.05) is 30.0 Å². The molecule has 8 nitrogen and oxygen atoms in total. The molecular formula is C22H18FN3O5S2. The summed E-state index contributed by atoms with van der Waals surface area (Å²) in [4.78, 5) is 38.6. The first-order chi connectivity index (χ1) is 15.9. The molecule has 0 atom stereocenters. The summed E-state index contributed by atoms with van der Waals surface area (Å²) in [6.45, 7) is 0.437. The maximum atomic E-state index is 12.9. The Hall–Kier alpha value is -3.44. The molecule has 33 heavy (non-hydrogen) atoms. The molecule has 2 aliphatic heterocycles. The van der Waals surface area contributed by atoms with Crippen LogP contribution in [0.3, 0.4) is 0 Å². The summed E-state index contributed by atoms with van der Waals surface area (Å²) in [6, 6.07) is 10.3. The molecule has 0 bridgehead atoms. The number of nitrogens with zero attached hydrogens (tertiary/aromatic N) is 1. The maximum absolute atomic E-state index is 12.9. The Labute approximate surface area is 198 Å². The molecule has 2 aromatic rings. The second-order valence-electron chi connectivity index (χ2n) is 7.06. The first kappa shape index (κ1) is 22.7. The van der Waals surface area contributed by atoms with E-state index < -0.39 is 17.6 Å². The largest absolute Gasteiger partial charge is 0.454 e. The second kappa shape index (κ2) is 10.0. The number of halogens is 1. The molecule has 0 spiro atoms. The molecule has 2 aliphatic rings. The minimum Gasteiger partial charge on any atom is -0.454 e. The summed E-state index contributed by atoms with van der Waals surface area (Å²) >= 11 is 6.51. The number of thiocarbonyl (C=S) groups is 1. The van der Waals surface area contributed by atoms with Gasteiger partial charge >= 0.3 is 0 Å². The Morgan fingerprint density at radius 2 is 1.88 bits per heavy atom. The molecule has 1 fully saturated rings. The van der Waals surface area contributed by atoms with Gasteiger partial charge in [0.1, 0.15) is 10.1 Å². The lowest BCUT2D eigenvalue weighted by Gasteiger charge is -2.14. The molecule has 0 radical (unpaired) electrons. The molecule has 0 unspecified atom stereocenters. The summed E-state index contributed by atoms with van der Waals surface area (Å²) in [5, 5.41) is 0. The van der Waals surface area contributed by atoms with E-state index in [2.05, 4.69) is 10.9 Å². The van der Waals surface area contributed by atoms with Crippen molar-refractivity contribution < 1.29 is 28.2 Å². The van der Waals surface area contributed by atoms with Gasteiger partial charge in [-0.25, -0.2) is 4.39 Å². The number of benzene rings is 2. The van der Waals surface area contributed by atoms with Crippen LogP contribution in [0.25, 0.3) is 6.08 Å². The van der Waals surface area contributed by atoms with Crippen LogP contribution in [0.15, 0.2) is 47.4 Å². The Morgan fingerprint density at radius 1 is 1.12 bits per heavy atom. The fraction of sp³-hybridized carbons (Fsp3) is 0.182. The van der Waals surface area contributed by atoms with Crippen LogP contribution < -0.4 is 20.3 Å². The molecule has 2 aromatic carbocycles. The van der Waals surface area contributed by atoms with Gasteiger partial charge in [-0.05, 0) is 54.5 Å². The highest BCUT2D eigenvalue weighted by molar-refractivity contribution is 8.26. The van der Waals surface area contributed by atoms with Gasteiger partial charge in [0, 0.05) is 18.5 Å². The third-order valence-electron chi connectivity index (χ3n) is 4.78. The molecular weight excluding hydrogens is 469 g/mol. The first-order valence-electron chi connectivity index (χ1n) is 9.90. The van der Waals surface area contributed by atoms with Crippen LogP contribution in [-0.4, -0.2) is 40.3 Å². The number of hydrogen-bond acceptors (Lipinski definition) is 7. The van der Waals surface area contributed by atoms with E-state index in [4.69, 9.17) is 21.7 Å². The van der Waals surface area contributed by atoms with E-state index in [1.807, 2.05) is 6.07 Å². The van der Waals surface area contributed by atoms with Crippen molar-refractivity contribution in [2.75, 3.05) is 13.3 Å². The van der Waals surface area contributed by atoms with Crippen molar-refractivity contribution in [3.8, 4) is 11.5 Å². The average molecular weight is 488 g/mol. The number of rotatable bonds is 6. The van der Waals surface area contributed by atoms with Crippen LogP contribution in [0.2, 0.25) is 0 Å². The van der Waals surface area contributed by atoms with Gasteiger partial charge in [0.25, 0.3) is 11.8 Å². The normalized spacial score (nSPS) is 15.8. The predicted molar refractivity (Wildman–Crippen MR) is 124 cm³/mol. The number of carbonyl (C=O) groups excluding carboxylic acids is 3. The first-order valence-corrected chi connectivity index (χ1v) is 11.1. The van der Waals surface area contributed by atoms with Gasteiger partial charge in [-0.3, -0.25) is 30.1 Å². The molecule has 3 amide bonds. The van der Waals surface area contributed by atoms with Gasteiger partial charge in [-0.2, -0.15) is 0 Å². The smallest absolute Gasteiger partial charge is 0.269 e. The number of hydrogen-bond donors (Lipinski definition) is 2. The van der Waals surface area contributed by atoms with Crippen molar-refractivity contribution in [3.05, 3.63) is 64.3 Å². The van der Waals surface area contributed by atoms with Crippen LogP contribution in [0.5, 0.6) is 11.5 Å². The third kappa shape index (κ3) is 5.49. The highest BCUT2D eigenvalue weighted by Crippen LogP contribution is 2.36. The lowest BCUT2D eigenvalue weighted by Crippen LogP contribution is -2.41. The van der Waals surface area contributed by atoms with Crippen molar-refractivity contribution in [2.45, 2.75) is 12.8 Å². The molecule has 0 aromatic heterocycles. The SMILES string of the molecule is O=C(CCCN1C(=O)/C(=C/c2ccc3c(c2)OCO3)SC1=S)NNC(=O)c1ccc(F)cc1. The highest BCUT2D eigenvalue weighted by Gasteiger charge is 2.31. The van der Waals surface area contributed by atoms with E-state index in [0.717, 1.165) is 17.7 Å². The average Bonchev–Trinajstić information content (AvgIpc) is 3.37. The van der Waals surface area contributed by atoms with Crippen molar-refractivity contribution in [3.63, 3.8) is 0 Å². The Morgan fingerprint density at radius 3 is 2.67 bits per heavy atom. The van der Waals surface area contributed by atoms with Gasteiger partial charge in [0.05, 0.1) is 4.91 Å². The minimum atomic E-state index is -0.561. The van der Waals surface area contributed by atoms with Crippen LogP contribution in [0.1, 0.15) is 28.8 Å². The number of amides is 3. The van der Waals surface area contributed by atoms with Crippen LogP contribution in [-0.2, 0) is 9.59 Å². The minimum absolute atomic E-state index is 0.0714. The van der Waals surface area contributed by atoms with Crippen molar-refractivity contribution in [1.82, 2.24) is 15.8 Å². The van der Waals surface area contributed by atoms with E-state index in [-0.39, 0.29) is 31.2 Å². The van der Waals surface area contributed by atoms with Crippen LogP contribution in [0, 0.1) is 5.82 Å². The molecule has 11 heteroatoms. The molecule has 2 N–H and O–H groups in total. The van der Waals surface area contributed by atoms with Crippen LogP contribution in [0.4, 0.5) is 4.39 Å². The van der Waals surface area contributed by atoms with Gasteiger partial charge in [-0.15, -0.1) is 0 Å². The number of nitrogens with one attached hydrogen (secondary N) is 2. The van der Waals surface area contributed by atoms with E-state index in [1.165, 1.54) is 28.8 Å². The fourth-order valence-electron chi connectivity index (χ4n) is 3.11. The van der Waals surface area contributed by atoms with Crippen molar-refractivity contribution in [2.24, 2.45) is 0 Å². The zero-order chi connectivity index (χ0) is 23.4. The lowest BCUT2D eigenvalue weighted by atomic mass is 10.2. The molecule has 2 heterocycles. The fourth-order valence-corrected chi connectivity index (χ4v) is 4.42. The van der Waals surface area contributed by atoms with E-state index in [9.17, 15) is 18.8 Å². The number of carbonyl (C=O) groups is 3. The van der Waals surface area contributed by atoms with Crippen molar-refractivity contribution >= 4 is 52.1 Å². The number of fused-ring (bicyclic) bond motifs is 1. The zero-order valence-electron chi connectivity index (χ0n) is 17.1. The molecule has 1 saturated heterocycles. The Kier molecular flexibility index (Phi) is 6.90. The summed E-state index contributed by atoms with van der Waals surface area (Å²) in [7, 11) is 0. The summed E-state index contributed by atoms with van der Waals surface area (Å²) in [5.74, 6) is -0.394. The van der Waals surface area contributed by atoms with Gasteiger partial charge < -0.3 is 9.47 Å². The summed E-state index contributed by atoms with van der Waals surface area (Å²) < 4.78 is 24.0. The Balaban J connectivity index is 1.25. The third-order valence-corrected chi connectivity index (χ3v) is 6.15. The standard InChI is InChI=1S/C22H18FN3O5S2/c23-15-6-4-14(5-7-15)20(28)25-24-19(27)2-1-9-26-21(29)18(33-22(26)32)11-13-3-8-16-17(10-13)31-12-30-16/h3-8,10-11H,1-2,9,12H2,(H,24,27)(H,25,28)/b18-11-. The quantitative estimate of drug-likeness (QED) is 0.367. The van der Waals surface area contributed by atoms with E-state index in [1.54, 1.807) is 18.2 Å². The number of ether oxygens (including phenoxy) is 2. The molecule has 4 rings (SSSR count). The zero-order valence-corrected chi connectivity index (χ0v) is 18.8. The predicted octanol–water partition coefficient (Wildman–Crippen LogP) is 3.00. The van der Waals surface area contributed by atoms with E-state index in [0.29, 0.717) is 27.1 Å². The summed E-state index contributed by atoms with van der Waals surface area (Å²) in [5.41, 5.74) is 5.56. The van der Waals surface area contributed by atoms with Gasteiger partial charge in [0.2, 0.25) is 12.7 Å². The molecule has 0 saturated carbocycles. The van der Waals surface area contributed by atoms with Gasteiger partial charge in [0.15, 0.2) is 11.5 Å². The molecule has 170 valence electrons. The monoisotopic (exact) mass is 487 g/mol. The molecule has 0 aliphatic carbocycles. The lowest BCUT2D eigenvalue weighted by molar-refractivity contribution is -0.124. The topological polar surface area (TPSA) is 97.0 Å². The maximum Gasteiger partial charge on any atom is 0.269 e. The number of hydrazine groups is 1. The second-order valence-corrected chi connectivity index (χ2v) is 8.73. The highest BCUT2D eigenvalue weighted by atomic mass is 32.2. The van der Waals surface area contributed by atoms with Crippen molar-refractivity contribution in [1.29, 1.82) is 0 Å².